The maximum absolute atomic E-state index is 6.21. The normalized spacial score (nSPS) is 18.9. The molecule has 1 saturated heterocycles. The lowest BCUT2D eigenvalue weighted by Crippen LogP contribution is -2.26. The maximum atomic E-state index is 6.21. The summed E-state index contributed by atoms with van der Waals surface area (Å²) in [6, 6.07) is 11.8. The molecule has 0 aliphatic carbocycles. The summed E-state index contributed by atoms with van der Waals surface area (Å²) < 4.78 is 5.90. The molecule has 1 aliphatic heterocycles. The van der Waals surface area contributed by atoms with E-state index in [9.17, 15) is 0 Å². The van der Waals surface area contributed by atoms with Gasteiger partial charge in [-0.15, -0.1) is 0 Å². The van der Waals surface area contributed by atoms with Gasteiger partial charge in [0.25, 0.3) is 0 Å². The van der Waals surface area contributed by atoms with Gasteiger partial charge in [-0.25, -0.2) is 0 Å². The molecule has 2 heterocycles. The van der Waals surface area contributed by atoms with Gasteiger partial charge in [0.1, 0.15) is 11.5 Å². The number of likely N-dealkylation sites (tertiary alicyclic amines) is 1. The van der Waals surface area contributed by atoms with Crippen molar-refractivity contribution in [1.82, 2.24) is 10.2 Å². The lowest BCUT2D eigenvalue weighted by molar-refractivity contribution is 0.337. The van der Waals surface area contributed by atoms with Crippen molar-refractivity contribution < 1.29 is 4.42 Å². The van der Waals surface area contributed by atoms with Gasteiger partial charge in [-0.2, -0.15) is 0 Å². The Kier molecular flexibility index (Phi) is 5.19. The fraction of sp³-hybridized carbons (Fsp3) is 0.444. The van der Waals surface area contributed by atoms with Crippen molar-refractivity contribution in [1.29, 1.82) is 0 Å². The predicted molar refractivity (Wildman–Crippen MR) is 91.1 cm³/mol. The molecule has 1 atom stereocenters. The van der Waals surface area contributed by atoms with Crippen molar-refractivity contribution >= 4 is 11.6 Å². The minimum absolute atomic E-state index is 0.724. The van der Waals surface area contributed by atoms with Crippen molar-refractivity contribution in [3.63, 3.8) is 0 Å². The largest absolute Gasteiger partial charge is 0.460 e. The summed E-state index contributed by atoms with van der Waals surface area (Å²) in [5.41, 5.74) is 0.949. The fourth-order valence-electron chi connectivity index (χ4n) is 3.04. The molecule has 0 saturated carbocycles. The van der Waals surface area contributed by atoms with Gasteiger partial charge >= 0.3 is 0 Å². The van der Waals surface area contributed by atoms with E-state index in [-0.39, 0.29) is 0 Å². The number of hydrogen-bond acceptors (Lipinski definition) is 3. The van der Waals surface area contributed by atoms with E-state index in [2.05, 4.69) is 17.1 Å². The lowest BCUT2D eigenvalue weighted by Gasteiger charge is -2.13. The summed E-state index contributed by atoms with van der Waals surface area (Å²) in [6.07, 6.45) is 1.30. The molecule has 0 spiro atoms. The Morgan fingerprint density at radius 3 is 2.91 bits per heavy atom. The Morgan fingerprint density at radius 2 is 2.14 bits per heavy atom. The van der Waals surface area contributed by atoms with E-state index in [4.69, 9.17) is 16.0 Å². The van der Waals surface area contributed by atoms with Crippen molar-refractivity contribution in [2.45, 2.75) is 19.9 Å². The monoisotopic (exact) mass is 318 g/mol. The van der Waals surface area contributed by atoms with Crippen LogP contribution in [0.4, 0.5) is 0 Å². The highest BCUT2D eigenvalue weighted by atomic mass is 35.5. The Labute approximate surface area is 137 Å². The molecule has 3 rings (SSSR count). The molecule has 22 heavy (non-hydrogen) atoms. The zero-order chi connectivity index (χ0) is 15.4. The van der Waals surface area contributed by atoms with Crippen LogP contribution in [-0.2, 0) is 6.54 Å². The second-order valence-corrected chi connectivity index (χ2v) is 6.33. The predicted octanol–water partition coefficient (Wildman–Crippen LogP) is 4.03. The molecule has 1 N–H and O–H groups in total. The van der Waals surface area contributed by atoms with Crippen LogP contribution in [0.15, 0.2) is 40.8 Å². The highest BCUT2D eigenvalue weighted by Crippen LogP contribution is 2.29. The molecular weight excluding hydrogens is 296 g/mol. The smallest absolute Gasteiger partial charge is 0.135 e. The summed E-state index contributed by atoms with van der Waals surface area (Å²) in [5.74, 6) is 2.55. The number of nitrogens with zero attached hydrogens (tertiary/aromatic N) is 1. The molecule has 2 aromatic rings. The molecule has 0 amide bonds. The van der Waals surface area contributed by atoms with Crippen molar-refractivity contribution in [2.24, 2.45) is 5.92 Å². The summed E-state index contributed by atoms with van der Waals surface area (Å²) in [4.78, 5) is 2.51. The van der Waals surface area contributed by atoms with Gasteiger partial charge in [-0.1, -0.05) is 30.7 Å². The van der Waals surface area contributed by atoms with Crippen LogP contribution in [0.25, 0.3) is 11.3 Å². The third-order valence-electron chi connectivity index (χ3n) is 4.35. The first-order valence-corrected chi connectivity index (χ1v) is 8.40. The Hall–Kier alpha value is -1.29. The van der Waals surface area contributed by atoms with Crippen LogP contribution < -0.4 is 5.32 Å². The highest BCUT2D eigenvalue weighted by molar-refractivity contribution is 6.33. The minimum Gasteiger partial charge on any atom is -0.460 e. The van der Waals surface area contributed by atoms with E-state index in [1.165, 1.54) is 19.5 Å². The summed E-state index contributed by atoms with van der Waals surface area (Å²) in [6.45, 7) is 7.67. The number of rotatable bonds is 6. The van der Waals surface area contributed by atoms with Gasteiger partial charge in [0.05, 0.1) is 11.6 Å². The number of nitrogens with one attached hydrogen (secondary N) is 1. The molecule has 1 aromatic carbocycles. The molecule has 0 bridgehead atoms. The molecule has 1 unspecified atom stereocenters. The first-order valence-electron chi connectivity index (χ1n) is 8.03. The van der Waals surface area contributed by atoms with Gasteiger partial charge in [-0.3, -0.25) is 0 Å². The van der Waals surface area contributed by atoms with Crippen LogP contribution in [0.3, 0.4) is 0 Å². The quantitative estimate of drug-likeness (QED) is 0.871. The van der Waals surface area contributed by atoms with Crippen molar-refractivity contribution in [2.75, 3.05) is 26.2 Å². The van der Waals surface area contributed by atoms with Gasteiger partial charge in [0, 0.05) is 12.1 Å². The topological polar surface area (TPSA) is 28.4 Å². The van der Waals surface area contributed by atoms with Gasteiger partial charge < -0.3 is 14.6 Å². The second kappa shape index (κ2) is 7.32. The van der Waals surface area contributed by atoms with Crippen molar-refractivity contribution in [3.05, 3.63) is 47.2 Å². The standard InChI is InChI=1S/C18H23ClN2O/c1-2-21-10-9-14(13-21)11-20-12-15-7-8-18(22-15)16-5-3-4-6-17(16)19/h3-8,14,20H,2,9-13H2,1H3. The average Bonchev–Trinajstić information content (AvgIpc) is 3.17. The van der Waals surface area contributed by atoms with Crippen LogP contribution in [-0.4, -0.2) is 31.1 Å². The first kappa shape index (κ1) is 15.6. The number of halogens is 1. The van der Waals surface area contributed by atoms with Crippen LogP contribution in [0.1, 0.15) is 19.1 Å². The third kappa shape index (κ3) is 3.72. The van der Waals surface area contributed by atoms with E-state index < -0.39 is 0 Å². The average molecular weight is 319 g/mol. The van der Waals surface area contributed by atoms with Crippen molar-refractivity contribution in [3.8, 4) is 11.3 Å². The number of benzene rings is 1. The van der Waals surface area contributed by atoms with E-state index in [0.717, 1.165) is 47.7 Å². The van der Waals surface area contributed by atoms with E-state index in [1.54, 1.807) is 0 Å². The van der Waals surface area contributed by atoms with Gasteiger partial charge in [0.2, 0.25) is 0 Å². The number of furan rings is 1. The summed E-state index contributed by atoms with van der Waals surface area (Å²) >= 11 is 6.21. The minimum atomic E-state index is 0.724. The Morgan fingerprint density at radius 1 is 1.27 bits per heavy atom. The van der Waals surface area contributed by atoms with Gasteiger partial charge in [-0.05, 0) is 56.2 Å². The van der Waals surface area contributed by atoms with E-state index in [0.29, 0.717) is 0 Å². The summed E-state index contributed by atoms with van der Waals surface area (Å²) in [5, 5.41) is 4.24. The zero-order valence-electron chi connectivity index (χ0n) is 13.0. The second-order valence-electron chi connectivity index (χ2n) is 5.92. The maximum Gasteiger partial charge on any atom is 0.135 e. The van der Waals surface area contributed by atoms with Crippen LogP contribution in [0.5, 0.6) is 0 Å². The van der Waals surface area contributed by atoms with Crippen LogP contribution in [0, 0.1) is 5.92 Å². The number of hydrogen-bond donors (Lipinski definition) is 1. The van der Waals surface area contributed by atoms with E-state index in [1.807, 2.05) is 36.4 Å². The molecule has 3 nitrogen and oxygen atoms in total. The molecule has 0 radical (unpaired) electrons. The van der Waals surface area contributed by atoms with Crippen LogP contribution >= 0.6 is 11.6 Å². The third-order valence-corrected chi connectivity index (χ3v) is 4.68. The highest BCUT2D eigenvalue weighted by Gasteiger charge is 2.20. The zero-order valence-corrected chi connectivity index (χ0v) is 13.8. The molecule has 4 heteroatoms. The summed E-state index contributed by atoms with van der Waals surface area (Å²) in [7, 11) is 0. The van der Waals surface area contributed by atoms with Crippen LogP contribution in [0.2, 0.25) is 5.02 Å². The lowest BCUT2D eigenvalue weighted by atomic mass is 10.1. The SMILES string of the molecule is CCN1CCC(CNCc2ccc(-c3ccccc3Cl)o2)C1. The molecule has 1 aromatic heterocycles. The Bertz CT molecular complexity index is 611. The molecular formula is C18H23ClN2O. The van der Waals surface area contributed by atoms with Gasteiger partial charge in [0.15, 0.2) is 0 Å². The molecule has 118 valence electrons. The molecule has 1 fully saturated rings. The fourth-order valence-corrected chi connectivity index (χ4v) is 3.27. The Balaban J connectivity index is 1.51. The van der Waals surface area contributed by atoms with E-state index >= 15 is 0 Å². The first-order chi connectivity index (χ1) is 10.8. The molecule has 1 aliphatic rings.